The van der Waals surface area contributed by atoms with Crippen LogP contribution in [0.3, 0.4) is 0 Å². The second-order valence-electron chi connectivity index (χ2n) is 8.73. The van der Waals surface area contributed by atoms with E-state index in [1.54, 1.807) is 11.9 Å². The maximum atomic E-state index is 11.0. The molecule has 7 N–H and O–H groups in total. The number of guanidine groups is 1. The zero-order chi connectivity index (χ0) is 27.3. The van der Waals surface area contributed by atoms with Gasteiger partial charge in [0.1, 0.15) is 0 Å². The van der Waals surface area contributed by atoms with E-state index in [0.29, 0.717) is 17.8 Å². The second kappa shape index (κ2) is 15.0. The fourth-order valence-corrected chi connectivity index (χ4v) is 4.89. The molecule has 202 valence electrons. The lowest BCUT2D eigenvalue weighted by Gasteiger charge is -2.14. The quantitative estimate of drug-likeness (QED) is 0.0575. The predicted octanol–water partition coefficient (Wildman–Crippen LogP) is 5.59. The number of amides is 1. The van der Waals surface area contributed by atoms with Gasteiger partial charge < -0.3 is 27.0 Å². The molecular weight excluding hydrogens is 494 g/mol. The first-order valence-electron chi connectivity index (χ1n) is 13.1. The van der Waals surface area contributed by atoms with Crippen LogP contribution in [0.25, 0.3) is 11.1 Å². The number of nitrogens with zero attached hydrogens (tertiary/aromatic N) is 2. The van der Waals surface area contributed by atoms with Crippen LogP contribution in [-0.2, 0) is 4.79 Å². The largest absolute Gasteiger partial charge is 0.397 e. The number of carbonyl (C=O) groups excluding carboxylic acids is 1. The number of likely N-dealkylation sites (tertiary alicyclic amines) is 1. The smallest absolute Gasteiger partial charge is 0.211 e. The summed E-state index contributed by atoms with van der Waals surface area (Å²) in [4.78, 5) is 19.1. The first-order chi connectivity index (χ1) is 18.5. The summed E-state index contributed by atoms with van der Waals surface area (Å²) in [6.07, 6.45) is 3.31. The van der Waals surface area contributed by atoms with Gasteiger partial charge >= 0.3 is 0 Å². The number of hydrogen-bond acceptors (Lipinski definition) is 6. The molecule has 0 bridgehead atoms. The molecule has 1 heterocycles. The molecule has 1 amide bonds. The van der Waals surface area contributed by atoms with Gasteiger partial charge in [-0.05, 0) is 98.4 Å². The topological polar surface area (TPSA) is 121 Å². The Morgan fingerprint density at radius 3 is 2.47 bits per heavy atom. The Kier molecular flexibility index (Phi) is 11.5. The highest BCUT2D eigenvalue weighted by Crippen LogP contribution is 2.36. The van der Waals surface area contributed by atoms with Gasteiger partial charge in [-0.15, -0.1) is 0 Å². The zero-order valence-corrected chi connectivity index (χ0v) is 23.3. The third-order valence-corrected chi connectivity index (χ3v) is 6.95. The summed E-state index contributed by atoms with van der Waals surface area (Å²) in [6, 6.07) is 19.4. The highest BCUT2D eigenvalue weighted by atomic mass is 32.2. The van der Waals surface area contributed by atoms with E-state index in [4.69, 9.17) is 11.5 Å². The molecule has 1 saturated heterocycles. The van der Waals surface area contributed by atoms with E-state index in [1.807, 2.05) is 81.4 Å². The fourth-order valence-electron chi connectivity index (χ4n) is 4.26. The van der Waals surface area contributed by atoms with Crippen molar-refractivity contribution in [2.75, 3.05) is 42.5 Å². The summed E-state index contributed by atoms with van der Waals surface area (Å²) in [5.41, 5.74) is 17.9. The van der Waals surface area contributed by atoms with Crippen LogP contribution >= 0.6 is 11.9 Å². The number of benzene rings is 3. The van der Waals surface area contributed by atoms with E-state index in [2.05, 4.69) is 25.2 Å². The number of aliphatic imine (C=N–C) groups is 1. The van der Waals surface area contributed by atoms with Crippen LogP contribution in [0.4, 0.5) is 22.7 Å². The number of para-hydroxylation sites is 1. The molecule has 1 aliphatic heterocycles. The van der Waals surface area contributed by atoms with Crippen LogP contribution in [0.1, 0.15) is 32.3 Å². The standard InChI is InChI=1S/C27H33N7OS.C2H6/c1-19-16-26(24(28)17-23(19)22-6-2-3-7-25(22)30-18-35)33-27(29)32-20-8-10-21(11-9-20)36-31-12-15-34-13-4-5-14-34;1-2/h2-3,6-11,16-18,31H,4-5,12-15,28H2,1H3,(H,30,35)(H3,29,32,33);1-2H3. The third-order valence-electron chi connectivity index (χ3n) is 6.09. The zero-order valence-electron chi connectivity index (χ0n) is 22.5. The molecular formula is C29H39N7OS. The molecule has 9 heteroatoms. The van der Waals surface area contributed by atoms with Crippen LogP contribution < -0.4 is 26.8 Å². The monoisotopic (exact) mass is 533 g/mol. The van der Waals surface area contributed by atoms with E-state index in [-0.39, 0.29) is 5.96 Å². The molecule has 1 aliphatic rings. The molecule has 0 radical (unpaired) electrons. The molecule has 0 unspecified atom stereocenters. The van der Waals surface area contributed by atoms with E-state index in [0.717, 1.165) is 46.1 Å². The van der Waals surface area contributed by atoms with Gasteiger partial charge in [0, 0.05) is 34.9 Å². The molecule has 1 fully saturated rings. The summed E-state index contributed by atoms with van der Waals surface area (Å²) in [6.45, 7) is 10.5. The van der Waals surface area contributed by atoms with Crippen molar-refractivity contribution < 1.29 is 4.79 Å². The summed E-state index contributed by atoms with van der Waals surface area (Å²) in [7, 11) is 0. The molecule has 38 heavy (non-hydrogen) atoms. The first-order valence-corrected chi connectivity index (χ1v) is 13.9. The summed E-state index contributed by atoms with van der Waals surface area (Å²) >= 11 is 1.63. The van der Waals surface area contributed by atoms with Crippen LogP contribution in [0, 0.1) is 6.92 Å². The van der Waals surface area contributed by atoms with Crippen molar-refractivity contribution in [2.45, 2.75) is 38.5 Å². The van der Waals surface area contributed by atoms with Gasteiger partial charge in [0.15, 0.2) is 5.96 Å². The third kappa shape index (κ3) is 8.24. The molecule has 3 aromatic rings. The highest BCUT2D eigenvalue weighted by molar-refractivity contribution is 7.97. The normalized spacial score (nSPS) is 13.5. The van der Waals surface area contributed by atoms with Crippen molar-refractivity contribution >= 4 is 47.1 Å². The minimum Gasteiger partial charge on any atom is -0.397 e. The Labute approximate surface area is 230 Å². The maximum Gasteiger partial charge on any atom is 0.211 e. The van der Waals surface area contributed by atoms with Gasteiger partial charge in [-0.2, -0.15) is 0 Å². The van der Waals surface area contributed by atoms with Crippen molar-refractivity contribution in [3.05, 3.63) is 66.2 Å². The number of carbonyl (C=O) groups is 1. The van der Waals surface area contributed by atoms with Gasteiger partial charge in [-0.25, -0.2) is 4.99 Å². The Morgan fingerprint density at radius 2 is 1.76 bits per heavy atom. The Bertz CT molecular complexity index is 1210. The maximum absolute atomic E-state index is 11.0. The van der Waals surface area contributed by atoms with Crippen molar-refractivity contribution in [2.24, 2.45) is 10.7 Å². The Balaban J connectivity index is 0.00000195. The van der Waals surface area contributed by atoms with Crippen LogP contribution in [0.5, 0.6) is 0 Å². The average Bonchev–Trinajstić information content (AvgIpc) is 3.45. The van der Waals surface area contributed by atoms with E-state index in [9.17, 15) is 4.79 Å². The van der Waals surface area contributed by atoms with Crippen LogP contribution in [-0.4, -0.2) is 43.4 Å². The summed E-state index contributed by atoms with van der Waals surface area (Å²) in [5, 5.41) is 5.87. The molecule has 0 aliphatic carbocycles. The highest BCUT2D eigenvalue weighted by Gasteiger charge is 2.12. The van der Waals surface area contributed by atoms with E-state index >= 15 is 0 Å². The number of aryl methyl sites for hydroxylation is 1. The molecule has 3 aromatic carbocycles. The second-order valence-corrected chi connectivity index (χ2v) is 9.69. The predicted molar refractivity (Wildman–Crippen MR) is 163 cm³/mol. The van der Waals surface area contributed by atoms with E-state index < -0.39 is 0 Å². The van der Waals surface area contributed by atoms with Crippen molar-refractivity contribution in [3.63, 3.8) is 0 Å². The Morgan fingerprint density at radius 1 is 1.05 bits per heavy atom. The number of anilines is 3. The first kappa shape index (κ1) is 29.0. The minimum absolute atomic E-state index is 0.251. The molecule has 8 nitrogen and oxygen atoms in total. The van der Waals surface area contributed by atoms with E-state index in [1.165, 1.54) is 25.9 Å². The van der Waals surface area contributed by atoms with Gasteiger partial charge in [-0.1, -0.05) is 32.0 Å². The molecule has 0 saturated carbocycles. The number of rotatable bonds is 10. The van der Waals surface area contributed by atoms with Crippen LogP contribution in [0.2, 0.25) is 0 Å². The number of nitrogens with two attached hydrogens (primary N) is 2. The van der Waals surface area contributed by atoms with Gasteiger partial charge in [0.25, 0.3) is 0 Å². The molecule has 0 atom stereocenters. The molecule has 0 aromatic heterocycles. The Hall–Kier alpha value is -3.53. The van der Waals surface area contributed by atoms with Crippen molar-refractivity contribution in [3.8, 4) is 11.1 Å². The lowest BCUT2D eigenvalue weighted by molar-refractivity contribution is -0.105. The lowest BCUT2D eigenvalue weighted by Crippen LogP contribution is -2.27. The minimum atomic E-state index is 0.251. The lowest BCUT2D eigenvalue weighted by atomic mass is 9.97. The van der Waals surface area contributed by atoms with Crippen molar-refractivity contribution in [1.29, 1.82) is 0 Å². The fraction of sp³-hybridized carbons (Fsp3) is 0.310. The van der Waals surface area contributed by atoms with Gasteiger partial charge in [0.2, 0.25) is 6.41 Å². The summed E-state index contributed by atoms with van der Waals surface area (Å²) < 4.78 is 3.43. The van der Waals surface area contributed by atoms with Crippen molar-refractivity contribution in [1.82, 2.24) is 9.62 Å². The van der Waals surface area contributed by atoms with Gasteiger partial charge in [0.05, 0.1) is 11.4 Å². The molecule has 4 rings (SSSR count). The SMILES string of the molecule is CC.Cc1cc(N=C(N)Nc2ccc(SNCCN3CCCC3)cc2)c(N)cc1-c1ccccc1NC=O. The number of nitrogen functional groups attached to an aromatic ring is 1. The van der Waals surface area contributed by atoms with Gasteiger partial charge in [-0.3, -0.25) is 9.52 Å². The molecule has 0 spiro atoms. The number of hydrogen-bond donors (Lipinski definition) is 5. The summed E-state index contributed by atoms with van der Waals surface area (Å²) in [5.74, 6) is 0.251. The number of nitrogens with one attached hydrogen (secondary N) is 3. The average molecular weight is 534 g/mol. The van der Waals surface area contributed by atoms with Crippen LogP contribution in [0.15, 0.2) is 70.6 Å².